The number of carbonyl (C=O) groups is 2. The van der Waals surface area contributed by atoms with Gasteiger partial charge in [-0.3, -0.25) is 14.5 Å². The molecule has 1 fully saturated rings. The van der Waals surface area contributed by atoms with E-state index in [2.05, 4.69) is 5.32 Å². The van der Waals surface area contributed by atoms with Gasteiger partial charge in [0.2, 0.25) is 21.8 Å². The molecular formula is C23H27N3O4S. The van der Waals surface area contributed by atoms with E-state index in [0.717, 1.165) is 24.8 Å². The number of aryl methyl sites for hydroxylation is 1. The molecule has 0 radical (unpaired) electrons. The van der Waals surface area contributed by atoms with Gasteiger partial charge in [0.15, 0.2) is 0 Å². The fourth-order valence-electron chi connectivity index (χ4n) is 4.37. The van der Waals surface area contributed by atoms with E-state index in [1.54, 1.807) is 18.2 Å². The van der Waals surface area contributed by atoms with Crippen molar-refractivity contribution in [2.75, 3.05) is 23.3 Å². The van der Waals surface area contributed by atoms with Gasteiger partial charge in [-0.15, -0.1) is 0 Å². The lowest BCUT2D eigenvalue weighted by molar-refractivity contribution is -0.122. The fraction of sp³-hybridized carbons (Fsp3) is 0.391. The van der Waals surface area contributed by atoms with E-state index in [9.17, 15) is 18.0 Å². The molecule has 2 aliphatic heterocycles. The van der Waals surface area contributed by atoms with Crippen LogP contribution in [-0.4, -0.2) is 43.7 Å². The zero-order valence-corrected chi connectivity index (χ0v) is 18.6. The Labute approximate surface area is 183 Å². The molecule has 2 aliphatic rings. The molecule has 4 rings (SSSR count). The average molecular weight is 442 g/mol. The van der Waals surface area contributed by atoms with E-state index >= 15 is 0 Å². The summed E-state index contributed by atoms with van der Waals surface area (Å²) in [7, 11) is -3.58. The number of fused-ring (bicyclic) bond motifs is 1. The highest BCUT2D eigenvalue weighted by molar-refractivity contribution is 7.89. The minimum absolute atomic E-state index is 0.219. The second-order valence-electron chi connectivity index (χ2n) is 8.17. The summed E-state index contributed by atoms with van der Waals surface area (Å²) in [5.41, 5.74) is 2.91. The smallest absolute Gasteiger partial charge is 0.247 e. The molecule has 0 spiro atoms. The first kappa shape index (κ1) is 21.5. The Hall–Kier alpha value is -2.71. The minimum atomic E-state index is -3.58. The molecule has 2 aromatic rings. The maximum Gasteiger partial charge on any atom is 0.247 e. The summed E-state index contributed by atoms with van der Waals surface area (Å²) < 4.78 is 27.7. The third-order valence-electron chi connectivity index (χ3n) is 6.03. The monoisotopic (exact) mass is 441 g/mol. The van der Waals surface area contributed by atoms with Gasteiger partial charge in [0.05, 0.1) is 4.90 Å². The molecule has 8 heteroatoms. The molecule has 31 heavy (non-hydrogen) atoms. The van der Waals surface area contributed by atoms with Crippen LogP contribution in [0.3, 0.4) is 0 Å². The quantitative estimate of drug-likeness (QED) is 0.790. The van der Waals surface area contributed by atoms with Crippen LogP contribution < -0.4 is 10.2 Å². The van der Waals surface area contributed by atoms with Crippen molar-refractivity contribution in [3.8, 4) is 0 Å². The normalized spacial score (nSPS) is 19.2. The van der Waals surface area contributed by atoms with Gasteiger partial charge in [-0.2, -0.15) is 4.31 Å². The Bertz CT molecular complexity index is 1120. The number of sulfonamides is 1. The number of nitrogens with one attached hydrogen (secondary N) is 1. The number of anilines is 2. The van der Waals surface area contributed by atoms with Gasteiger partial charge in [-0.05, 0) is 55.2 Å². The molecule has 0 aromatic heterocycles. The molecular weight excluding hydrogens is 414 g/mol. The maximum atomic E-state index is 13.1. The van der Waals surface area contributed by atoms with Crippen molar-refractivity contribution in [3.63, 3.8) is 0 Å². The van der Waals surface area contributed by atoms with Crippen LogP contribution in [-0.2, 0) is 26.0 Å². The molecule has 7 nitrogen and oxygen atoms in total. The third-order valence-corrected chi connectivity index (χ3v) is 7.93. The first-order valence-corrected chi connectivity index (χ1v) is 12.0. The van der Waals surface area contributed by atoms with Crippen molar-refractivity contribution in [1.82, 2.24) is 4.31 Å². The first-order valence-electron chi connectivity index (χ1n) is 10.6. The molecule has 1 atom stereocenters. The van der Waals surface area contributed by atoms with Gasteiger partial charge in [-0.1, -0.05) is 24.6 Å². The van der Waals surface area contributed by atoms with Crippen molar-refractivity contribution in [2.24, 2.45) is 0 Å². The molecule has 2 aromatic carbocycles. The van der Waals surface area contributed by atoms with Crippen LogP contribution in [0.25, 0.3) is 0 Å². The third kappa shape index (κ3) is 4.09. The van der Waals surface area contributed by atoms with Gasteiger partial charge < -0.3 is 5.32 Å². The Morgan fingerprint density at radius 2 is 1.74 bits per heavy atom. The first-order chi connectivity index (χ1) is 14.8. The molecule has 0 saturated carbocycles. The van der Waals surface area contributed by atoms with Gasteiger partial charge in [0.1, 0.15) is 6.04 Å². The van der Waals surface area contributed by atoms with E-state index in [1.165, 1.54) is 16.1 Å². The van der Waals surface area contributed by atoms with Crippen molar-refractivity contribution in [2.45, 2.75) is 50.5 Å². The lowest BCUT2D eigenvalue weighted by atomic mass is 10.1. The zero-order chi connectivity index (χ0) is 22.2. The summed E-state index contributed by atoms with van der Waals surface area (Å²) in [5.74, 6) is -0.545. The molecule has 164 valence electrons. The Morgan fingerprint density at radius 3 is 2.42 bits per heavy atom. The highest BCUT2D eigenvalue weighted by atomic mass is 32.2. The highest BCUT2D eigenvalue weighted by Crippen LogP contribution is 2.35. The lowest BCUT2D eigenvalue weighted by Gasteiger charge is -2.26. The molecule has 1 N–H and O–H groups in total. The van der Waals surface area contributed by atoms with Crippen LogP contribution in [0, 0.1) is 6.92 Å². The summed E-state index contributed by atoms with van der Waals surface area (Å²) in [6.07, 6.45) is 3.05. The van der Waals surface area contributed by atoms with Gasteiger partial charge in [-0.25, -0.2) is 8.42 Å². The molecule has 2 amide bonds. The second-order valence-corrected chi connectivity index (χ2v) is 10.1. The number of para-hydroxylation sites is 1. The van der Waals surface area contributed by atoms with E-state index in [-0.39, 0.29) is 23.1 Å². The summed E-state index contributed by atoms with van der Waals surface area (Å²) >= 11 is 0. The molecule has 0 unspecified atom stereocenters. The Kier molecular flexibility index (Phi) is 5.85. The maximum absolute atomic E-state index is 13.1. The lowest BCUT2D eigenvalue weighted by Crippen LogP contribution is -2.44. The van der Waals surface area contributed by atoms with Crippen LogP contribution >= 0.6 is 0 Å². The topological polar surface area (TPSA) is 86.8 Å². The predicted octanol–water partition coefficient (Wildman–Crippen LogP) is 3.09. The standard InChI is InChI=1S/C23H27N3O4S/c1-16-8-4-5-9-20(16)24-23(28)22-15-18-14-19(10-11-21(18)26(22)17(2)27)31(29,30)25-12-6-3-7-13-25/h4-5,8-11,14,22H,3,6-7,12-13,15H2,1-2H3,(H,24,28)/t22-/m0/s1. The predicted molar refractivity (Wildman–Crippen MR) is 120 cm³/mol. The van der Waals surface area contributed by atoms with Gasteiger partial charge >= 0.3 is 0 Å². The minimum Gasteiger partial charge on any atom is -0.324 e. The largest absolute Gasteiger partial charge is 0.324 e. The van der Waals surface area contributed by atoms with Crippen molar-refractivity contribution >= 4 is 33.2 Å². The number of piperidine rings is 1. The number of hydrogen-bond donors (Lipinski definition) is 1. The van der Waals surface area contributed by atoms with Crippen LogP contribution in [0.1, 0.15) is 37.3 Å². The summed E-state index contributed by atoms with van der Waals surface area (Å²) in [6.45, 7) is 4.38. The van der Waals surface area contributed by atoms with Crippen molar-refractivity contribution in [3.05, 3.63) is 53.6 Å². The molecule has 2 heterocycles. The zero-order valence-electron chi connectivity index (χ0n) is 17.8. The van der Waals surface area contributed by atoms with E-state index < -0.39 is 16.1 Å². The fourth-order valence-corrected chi connectivity index (χ4v) is 5.94. The second kappa shape index (κ2) is 8.43. The summed E-state index contributed by atoms with van der Waals surface area (Å²) in [6, 6.07) is 11.5. The highest BCUT2D eigenvalue weighted by Gasteiger charge is 2.38. The van der Waals surface area contributed by atoms with E-state index in [4.69, 9.17) is 0 Å². The van der Waals surface area contributed by atoms with Crippen molar-refractivity contribution in [1.29, 1.82) is 0 Å². The van der Waals surface area contributed by atoms with Gasteiger partial charge in [0, 0.05) is 37.8 Å². The number of amides is 2. The number of carbonyl (C=O) groups excluding carboxylic acids is 2. The number of hydrogen-bond acceptors (Lipinski definition) is 4. The SMILES string of the molecule is CC(=O)N1c2ccc(S(=O)(=O)N3CCCCC3)cc2C[C@H]1C(=O)Nc1ccccc1C. The van der Waals surface area contributed by atoms with Crippen LogP contribution in [0.15, 0.2) is 47.4 Å². The Balaban J connectivity index is 1.62. The van der Waals surface area contributed by atoms with Crippen LogP contribution in [0.5, 0.6) is 0 Å². The van der Waals surface area contributed by atoms with Gasteiger partial charge in [0.25, 0.3) is 0 Å². The number of benzene rings is 2. The molecule has 1 saturated heterocycles. The number of rotatable bonds is 4. The van der Waals surface area contributed by atoms with Crippen molar-refractivity contribution < 1.29 is 18.0 Å². The number of nitrogens with zero attached hydrogens (tertiary/aromatic N) is 2. The van der Waals surface area contributed by atoms with E-state index in [1.807, 2.05) is 31.2 Å². The van der Waals surface area contributed by atoms with E-state index in [0.29, 0.717) is 30.0 Å². The summed E-state index contributed by atoms with van der Waals surface area (Å²) in [4.78, 5) is 27.1. The Morgan fingerprint density at radius 1 is 1.03 bits per heavy atom. The summed E-state index contributed by atoms with van der Waals surface area (Å²) in [5, 5.41) is 2.91. The average Bonchev–Trinajstić information content (AvgIpc) is 3.15. The molecule has 0 aliphatic carbocycles. The molecule has 0 bridgehead atoms. The van der Waals surface area contributed by atoms with Crippen LogP contribution in [0.2, 0.25) is 0 Å². The van der Waals surface area contributed by atoms with Crippen LogP contribution in [0.4, 0.5) is 11.4 Å².